The van der Waals surface area contributed by atoms with Gasteiger partial charge in [-0.25, -0.2) is 0 Å². The lowest BCUT2D eigenvalue weighted by Crippen LogP contribution is -2.44. The van der Waals surface area contributed by atoms with Crippen molar-refractivity contribution in [3.63, 3.8) is 0 Å². The third-order valence-electron chi connectivity index (χ3n) is 3.55. The molecule has 0 radical (unpaired) electrons. The van der Waals surface area contributed by atoms with E-state index in [1.54, 1.807) is 11.3 Å². The molecule has 1 aromatic heterocycles. The number of hydrogen-bond donors (Lipinski definition) is 1. The lowest BCUT2D eigenvalue weighted by atomic mass is 9.95. The lowest BCUT2D eigenvalue weighted by Gasteiger charge is -2.35. The van der Waals surface area contributed by atoms with Crippen LogP contribution in [0.4, 0.5) is 0 Å². The number of nitrogens with one attached hydrogen (secondary N) is 1. The van der Waals surface area contributed by atoms with Crippen LogP contribution in [0, 0.1) is 5.92 Å². The van der Waals surface area contributed by atoms with Crippen LogP contribution in [0.5, 0.6) is 0 Å². The summed E-state index contributed by atoms with van der Waals surface area (Å²) >= 11 is 7.55. The van der Waals surface area contributed by atoms with Gasteiger partial charge in [0.25, 0.3) is 0 Å². The Bertz CT molecular complexity index is 351. The van der Waals surface area contributed by atoms with Gasteiger partial charge < -0.3 is 10.1 Å². The molecule has 96 valence electrons. The van der Waals surface area contributed by atoms with Crippen molar-refractivity contribution in [3.8, 4) is 0 Å². The predicted octanol–water partition coefficient (Wildman–Crippen LogP) is 3.87. The zero-order valence-electron chi connectivity index (χ0n) is 10.4. The minimum absolute atomic E-state index is 0.165. The standard InChI is InChI=1S/C13H20ClNOS/c1-3-9(4-2)11-6-15-7-12(16-11)10-5-13(14)17-8-10/h5,8-9,11-12,15H,3-4,6-7H2,1-2H3. The third kappa shape index (κ3) is 3.22. The molecule has 0 bridgehead atoms. The molecule has 2 nitrogen and oxygen atoms in total. The predicted molar refractivity (Wildman–Crippen MR) is 73.9 cm³/mol. The molecule has 1 N–H and O–H groups in total. The molecule has 1 fully saturated rings. The molecule has 1 aliphatic rings. The maximum Gasteiger partial charge on any atom is 0.0962 e. The molecular formula is C13H20ClNOS. The van der Waals surface area contributed by atoms with Crippen LogP contribution in [0.3, 0.4) is 0 Å². The topological polar surface area (TPSA) is 21.3 Å². The van der Waals surface area contributed by atoms with Gasteiger partial charge in [0.2, 0.25) is 0 Å². The molecule has 4 heteroatoms. The van der Waals surface area contributed by atoms with Gasteiger partial charge in [0.1, 0.15) is 0 Å². The summed E-state index contributed by atoms with van der Waals surface area (Å²) < 4.78 is 7.06. The van der Waals surface area contributed by atoms with Gasteiger partial charge >= 0.3 is 0 Å². The van der Waals surface area contributed by atoms with E-state index in [1.165, 1.54) is 18.4 Å². The van der Waals surface area contributed by atoms with Crippen LogP contribution >= 0.6 is 22.9 Å². The first-order valence-corrected chi connectivity index (χ1v) is 7.60. The summed E-state index contributed by atoms with van der Waals surface area (Å²) in [7, 11) is 0. The molecule has 17 heavy (non-hydrogen) atoms. The first-order valence-electron chi connectivity index (χ1n) is 6.34. The second-order valence-electron chi connectivity index (χ2n) is 4.58. The summed E-state index contributed by atoms with van der Waals surface area (Å²) in [5.41, 5.74) is 1.21. The van der Waals surface area contributed by atoms with E-state index in [4.69, 9.17) is 16.3 Å². The second kappa shape index (κ2) is 6.19. The molecule has 2 atom stereocenters. The van der Waals surface area contributed by atoms with E-state index >= 15 is 0 Å². The smallest absolute Gasteiger partial charge is 0.0962 e. The highest BCUT2D eigenvalue weighted by Gasteiger charge is 2.28. The number of hydrogen-bond acceptors (Lipinski definition) is 3. The van der Waals surface area contributed by atoms with E-state index in [1.807, 2.05) is 6.07 Å². The molecule has 2 unspecified atom stereocenters. The third-order valence-corrected chi connectivity index (χ3v) is 4.66. The van der Waals surface area contributed by atoms with Crippen molar-refractivity contribution in [2.24, 2.45) is 5.92 Å². The fourth-order valence-electron chi connectivity index (χ4n) is 2.44. The largest absolute Gasteiger partial charge is 0.367 e. The monoisotopic (exact) mass is 273 g/mol. The minimum atomic E-state index is 0.165. The van der Waals surface area contributed by atoms with Crippen LogP contribution in [0.2, 0.25) is 4.34 Å². The Balaban J connectivity index is 2.01. The van der Waals surface area contributed by atoms with E-state index < -0.39 is 0 Å². The van der Waals surface area contributed by atoms with Crippen molar-refractivity contribution in [3.05, 3.63) is 21.3 Å². The quantitative estimate of drug-likeness (QED) is 0.899. The normalized spacial score (nSPS) is 25.4. The van der Waals surface area contributed by atoms with Gasteiger partial charge in [-0.2, -0.15) is 0 Å². The zero-order chi connectivity index (χ0) is 12.3. The van der Waals surface area contributed by atoms with Gasteiger partial charge in [0.15, 0.2) is 0 Å². The summed E-state index contributed by atoms with van der Waals surface area (Å²) in [5.74, 6) is 0.652. The van der Waals surface area contributed by atoms with Crippen LogP contribution in [0.15, 0.2) is 11.4 Å². The number of rotatable bonds is 4. The van der Waals surface area contributed by atoms with Gasteiger partial charge in [-0.1, -0.05) is 38.3 Å². The lowest BCUT2D eigenvalue weighted by molar-refractivity contribution is -0.0686. The van der Waals surface area contributed by atoms with Crippen LogP contribution < -0.4 is 5.32 Å². The molecular weight excluding hydrogens is 254 g/mol. The number of ether oxygens (including phenoxy) is 1. The first kappa shape index (κ1) is 13.3. The van der Waals surface area contributed by atoms with Crippen molar-refractivity contribution < 1.29 is 4.74 Å². The molecule has 0 spiro atoms. The number of morpholine rings is 1. The van der Waals surface area contributed by atoms with Crippen molar-refractivity contribution >= 4 is 22.9 Å². The Hall–Kier alpha value is -0.0900. The first-order chi connectivity index (χ1) is 8.24. The van der Waals surface area contributed by atoms with E-state index in [9.17, 15) is 0 Å². The minimum Gasteiger partial charge on any atom is -0.367 e. The van der Waals surface area contributed by atoms with Gasteiger partial charge in [-0.05, 0) is 22.9 Å². The Kier molecular flexibility index (Phi) is 4.86. The number of thiophene rings is 1. The average Bonchev–Trinajstić information content (AvgIpc) is 2.78. The zero-order valence-corrected chi connectivity index (χ0v) is 12.0. The van der Waals surface area contributed by atoms with Crippen molar-refractivity contribution in [2.45, 2.75) is 38.9 Å². The average molecular weight is 274 g/mol. The number of halogens is 1. The fourth-order valence-corrected chi connectivity index (χ4v) is 3.38. The van der Waals surface area contributed by atoms with Crippen LogP contribution in [-0.2, 0) is 4.74 Å². The van der Waals surface area contributed by atoms with Gasteiger partial charge in [-0.15, -0.1) is 11.3 Å². The summed E-state index contributed by atoms with van der Waals surface area (Å²) in [6.07, 6.45) is 2.86. The molecule has 0 aliphatic carbocycles. The second-order valence-corrected chi connectivity index (χ2v) is 6.12. The van der Waals surface area contributed by atoms with Crippen molar-refractivity contribution in [1.29, 1.82) is 0 Å². The van der Waals surface area contributed by atoms with Gasteiger partial charge in [0.05, 0.1) is 16.5 Å². The highest BCUT2D eigenvalue weighted by Crippen LogP contribution is 2.31. The van der Waals surface area contributed by atoms with Crippen molar-refractivity contribution in [1.82, 2.24) is 5.32 Å². The summed E-state index contributed by atoms with van der Waals surface area (Å²) in [4.78, 5) is 0. The molecule has 2 heterocycles. The highest BCUT2D eigenvalue weighted by atomic mass is 35.5. The maximum atomic E-state index is 6.22. The van der Waals surface area contributed by atoms with Crippen LogP contribution in [0.1, 0.15) is 38.4 Å². The summed E-state index contributed by atoms with van der Waals surface area (Å²) in [6.45, 7) is 6.34. The van der Waals surface area contributed by atoms with E-state index in [-0.39, 0.29) is 6.10 Å². The molecule has 0 saturated carbocycles. The van der Waals surface area contributed by atoms with E-state index in [0.717, 1.165) is 17.4 Å². The summed E-state index contributed by atoms with van der Waals surface area (Å²) in [5, 5.41) is 5.58. The molecule has 2 rings (SSSR count). The van der Waals surface area contributed by atoms with E-state index in [0.29, 0.717) is 12.0 Å². The van der Waals surface area contributed by atoms with Crippen LogP contribution in [0.25, 0.3) is 0 Å². The molecule has 1 aliphatic heterocycles. The SMILES string of the molecule is CCC(CC)C1CNCC(c2csc(Cl)c2)O1. The molecule has 1 saturated heterocycles. The summed E-state index contributed by atoms with van der Waals surface area (Å²) in [6, 6.07) is 2.02. The van der Waals surface area contributed by atoms with Crippen LogP contribution in [-0.4, -0.2) is 19.2 Å². The molecule has 0 amide bonds. The Labute approximate surface area is 112 Å². The molecule has 1 aromatic rings. The maximum absolute atomic E-state index is 6.22. The van der Waals surface area contributed by atoms with E-state index in [2.05, 4.69) is 24.5 Å². The fraction of sp³-hybridized carbons (Fsp3) is 0.692. The Morgan fingerprint density at radius 1 is 1.47 bits per heavy atom. The van der Waals surface area contributed by atoms with Gasteiger partial charge in [0, 0.05) is 13.1 Å². The Morgan fingerprint density at radius 3 is 2.82 bits per heavy atom. The Morgan fingerprint density at radius 2 is 2.24 bits per heavy atom. The highest BCUT2D eigenvalue weighted by molar-refractivity contribution is 7.14. The van der Waals surface area contributed by atoms with Crippen molar-refractivity contribution in [2.75, 3.05) is 13.1 Å². The molecule has 0 aromatic carbocycles. The van der Waals surface area contributed by atoms with Gasteiger partial charge in [-0.3, -0.25) is 0 Å².